The summed E-state index contributed by atoms with van der Waals surface area (Å²) in [7, 11) is 0. The molecule has 1 aromatic heterocycles. The van der Waals surface area contributed by atoms with E-state index in [0.29, 0.717) is 28.3 Å². The van der Waals surface area contributed by atoms with Crippen molar-refractivity contribution >= 4 is 23.2 Å². The highest BCUT2D eigenvalue weighted by Crippen LogP contribution is 2.39. The smallest absolute Gasteiger partial charge is 0.163 e. The molecule has 110 valence electrons. The number of halogens is 2. The normalized spacial score (nSPS) is 21.7. The highest BCUT2D eigenvalue weighted by atomic mass is 35.5. The van der Waals surface area contributed by atoms with Crippen LogP contribution in [0.3, 0.4) is 0 Å². The van der Waals surface area contributed by atoms with Crippen LogP contribution in [0.1, 0.15) is 31.2 Å². The summed E-state index contributed by atoms with van der Waals surface area (Å²) in [4.78, 5) is 8.90. The summed E-state index contributed by atoms with van der Waals surface area (Å²) >= 11 is 12.8. The van der Waals surface area contributed by atoms with Gasteiger partial charge in [0, 0.05) is 6.61 Å². The van der Waals surface area contributed by atoms with Crippen LogP contribution < -0.4 is 0 Å². The van der Waals surface area contributed by atoms with Gasteiger partial charge in [-0.15, -0.1) is 0 Å². The Balaban J connectivity index is 2.11. The van der Waals surface area contributed by atoms with Gasteiger partial charge in [0.1, 0.15) is 15.9 Å². The van der Waals surface area contributed by atoms with Gasteiger partial charge < -0.3 is 4.74 Å². The van der Waals surface area contributed by atoms with E-state index in [-0.39, 0.29) is 0 Å². The van der Waals surface area contributed by atoms with E-state index in [4.69, 9.17) is 27.9 Å². The summed E-state index contributed by atoms with van der Waals surface area (Å²) in [5.74, 6) is 0.562. The van der Waals surface area contributed by atoms with Crippen LogP contribution in [-0.4, -0.2) is 16.6 Å². The maximum absolute atomic E-state index is 6.39. The third-order valence-corrected chi connectivity index (χ3v) is 4.47. The molecule has 0 N–H and O–H groups in total. The van der Waals surface area contributed by atoms with E-state index in [9.17, 15) is 0 Å². The Morgan fingerprint density at radius 2 is 1.81 bits per heavy atom. The monoisotopic (exact) mass is 322 g/mol. The van der Waals surface area contributed by atoms with Crippen molar-refractivity contribution in [3.8, 4) is 11.1 Å². The number of ether oxygens (including phenoxy) is 1. The molecule has 0 radical (unpaired) electrons. The maximum atomic E-state index is 6.39. The van der Waals surface area contributed by atoms with Crippen LogP contribution in [-0.2, 0) is 10.3 Å². The van der Waals surface area contributed by atoms with Gasteiger partial charge in [-0.1, -0.05) is 47.5 Å². The van der Waals surface area contributed by atoms with E-state index in [1.54, 1.807) is 0 Å². The Kier molecular flexibility index (Phi) is 3.91. The molecule has 1 atom stereocenters. The van der Waals surface area contributed by atoms with E-state index < -0.39 is 5.60 Å². The average molecular weight is 323 g/mol. The molecule has 1 unspecified atom stereocenters. The molecular formula is C16H16Cl2N2O. The molecule has 0 saturated carbocycles. The van der Waals surface area contributed by atoms with Gasteiger partial charge in [0.05, 0.1) is 5.56 Å². The molecule has 1 fully saturated rings. The zero-order valence-electron chi connectivity index (χ0n) is 12.0. The molecule has 1 aliphatic heterocycles. The topological polar surface area (TPSA) is 35.0 Å². The minimum absolute atomic E-state index is 0.371. The Morgan fingerprint density at radius 1 is 1.14 bits per heavy atom. The quantitative estimate of drug-likeness (QED) is 0.746. The zero-order chi connectivity index (χ0) is 15.0. The maximum Gasteiger partial charge on any atom is 0.163 e. The minimum Gasteiger partial charge on any atom is -0.367 e. The molecule has 5 heteroatoms. The van der Waals surface area contributed by atoms with Crippen molar-refractivity contribution in [3.05, 3.63) is 46.0 Å². The third kappa shape index (κ3) is 2.66. The second kappa shape index (κ2) is 5.56. The summed E-state index contributed by atoms with van der Waals surface area (Å²) in [6, 6.07) is 7.91. The lowest BCUT2D eigenvalue weighted by Gasteiger charge is -2.22. The number of aryl methyl sites for hydroxylation is 1. The predicted octanol–water partition coefficient (Wildman–Crippen LogP) is 4.78. The molecular weight excluding hydrogens is 307 g/mol. The molecule has 0 spiro atoms. The van der Waals surface area contributed by atoms with E-state index in [0.717, 1.165) is 24.0 Å². The number of aromatic nitrogens is 2. The number of rotatable bonds is 2. The van der Waals surface area contributed by atoms with Crippen LogP contribution in [0.2, 0.25) is 10.3 Å². The van der Waals surface area contributed by atoms with Gasteiger partial charge in [0.15, 0.2) is 5.82 Å². The average Bonchev–Trinajstić information content (AvgIpc) is 2.88. The van der Waals surface area contributed by atoms with Gasteiger partial charge in [0.2, 0.25) is 0 Å². The van der Waals surface area contributed by atoms with Gasteiger partial charge in [-0.25, -0.2) is 9.97 Å². The first-order valence-electron chi connectivity index (χ1n) is 6.95. The Hall–Kier alpha value is -1.16. The molecule has 2 aromatic rings. The molecule has 1 saturated heterocycles. The summed E-state index contributed by atoms with van der Waals surface area (Å²) < 4.78 is 5.76. The highest BCUT2D eigenvalue weighted by molar-refractivity contribution is 6.37. The van der Waals surface area contributed by atoms with Crippen molar-refractivity contribution in [2.24, 2.45) is 0 Å². The fourth-order valence-corrected chi connectivity index (χ4v) is 3.27. The second-order valence-electron chi connectivity index (χ2n) is 5.50. The summed E-state index contributed by atoms with van der Waals surface area (Å²) in [6.07, 6.45) is 1.87. The first kappa shape index (κ1) is 14.8. The summed E-state index contributed by atoms with van der Waals surface area (Å²) in [5.41, 5.74) is 2.23. The molecule has 0 amide bonds. The van der Waals surface area contributed by atoms with Crippen molar-refractivity contribution in [2.45, 2.75) is 32.3 Å². The van der Waals surface area contributed by atoms with Crippen molar-refractivity contribution in [1.82, 2.24) is 9.97 Å². The number of hydrogen-bond acceptors (Lipinski definition) is 3. The van der Waals surface area contributed by atoms with Crippen LogP contribution in [0.25, 0.3) is 11.1 Å². The Labute approximate surface area is 134 Å². The molecule has 0 aliphatic carbocycles. The first-order chi connectivity index (χ1) is 10.0. The van der Waals surface area contributed by atoms with E-state index in [1.807, 2.05) is 38.1 Å². The fraction of sp³-hybridized carbons (Fsp3) is 0.375. The van der Waals surface area contributed by atoms with Crippen molar-refractivity contribution in [2.75, 3.05) is 6.61 Å². The standard InChI is InChI=1S/C16H16Cl2N2O/c1-10-6-3-4-7-11(10)12-13(17)19-15(20-14(12)18)16(2)8-5-9-21-16/h3-4,6-7H,5,8-9H2,1-2H3. The SMILES string of the molecule is Cc1ccccc1-c1c(Cl)nc(C2(C)CCCO2)nc1Cl. The van der Waals surface area contributed by atoms with Crippen molar-refractivity contribution in [1.29, 1.82) is 0 Å². The van der Waals surface area contributed by atoms with Crippen LogP contribution in [0.15, 0.2) is 24.3 Å². The first-order valence-corrected chi connectivity index (χ1v) is 7.70. The largest absolute Gasteiger partial charge is 0.367 e. The zero-order valence-corrected chi connectivity index (χ0v) is 13.5. The Morgan fingerprint density at radius 3 is 2.38 bits per heavy atom. The Bertz CT molecular complexity index is 659. The lowest BCUT2D eigenvalue weighted by molar-refractivity contribution is 0.00937. The van der Waals surface area contributed by atoms with Gasteiger partial charge in [-0.2, -0.15) is 0 Å². The number of hydrogen-bond donors (Lipinski definition) is 0. The number of benzene rings is 1. The molecule has 3 nitrogen and oxygen atoms in total. The molecule has 3 rings (SSSR count). The van der Waals surface area contributed by atoms with E-state index in [1.165, 1.54) is 0 Å². The van der Waals surface area contributed by atoms with Crippen LogP contribution in [0.4, 0.5) is 0 Å². The molecule has 1 aliphatic rings. The van der Waals surface area contributed by atoms with Crippen molar-refractivity contribution in [3.63, 3.8) is 0 Å². The van der Waals surface area contributed by atoms with Gasteiger partial charge >= 0.3 is 0 Å². The third-order valence-electron chi connectivity index (χ3n) is 3.93. The minimum atomic E-state index is -0.489. The molecule has 0 bridgehead atoms. The van der Waals surface area contributed by atoms with E-state index >= 15 is 0 Å². The molecule has 1 aromatic carbocycles. The summed E-state index contributed by atoms with van der Waals surface area (Å²) in [6.45, 7) is 4.71. The van der Waals surface area contributed by atoms with Crippen molar-refractivity contribution < 1.29 is 4.74 Å². The van der Waals surface area contributed by atoms with Crippen LogP contribution >= 0.6 is 23.2 Å². The molecule has 2 heterocycles. The second-order valence-corrected chi connectivity index (χ2v) is 6.22. The molecule has 21 heavy (non-hydrogen) atoms. The number of nitrogens with zero attached hydrogens (tertiary/aromatic N) is 2. The van der Waals surface area contributed by atoms with Crippen LogP contribution in [0.5, 0.6) is 0 Å². The van der Waals surface area contributed by atoms with E-state index in [2.05, 4.69) is 9.97 Å². The lowest BCUT2D eigenvalue weighted by Crippen LogP contribution is -2.23. The van der Waals surface area contributed by atoms with Gasteiger partial charge in [-0.05, 0) is 37.8 Å². The van der Waals surface area contributed by atoms with Gasteiger partial charge in [-0.3, -0.25) is 0 Å². The van der Waals surface area contributed by atoms with Gasteiger partial charge in [0.25, 0.3) is 0 Å². The lowest BCUT2D eigenvalue weighted by atomic mass is 10.0. The highest BCUT2D eigenvalue weighted by Gasteiger charge is 2.36. The van der Waals surface area contributed by atoms with Crippen LogP contribution in [0, 0.1) is 6.92 Å². The predicted molar refractivity (Wildman–Crippen MR) is 84.8 cm³/mol. The summed E-state index contributed by atoms with van der Waals surface area (Å²) in [5, 5.41) is 0.743. The fourth-order valence-electron chi connectivity index (χ4n) is 2.68.